The molecule has 0 aromatic heterocycles. The molecule has 0 saturated carbocycles. The standard InChI is InChI=1S/C26H26Br4O2/c1-17-7-21(11-27)25(22(8-17)12-28)31-15-19-3-5-20(6-4-19)16-32-26-23(13-29)9-18(2)10-24(26)14-30/h3-10H,11-16H2,1-2H3. The number of ether oxygens (including phenoxy) is 2. The number of hydrogen-bond donors (Lipinski definition) is 0. The van der Waals surface area contributed by atoms with E-state index in [1.165, 1.54) is 33.4 Å². The SMILES string of the molecule is Cc1cc(CBr)c(OCc2ccc(COc3c(CBr)cc(C)cc3CBr)cc2)c(CBr)c1. The summed E-state index contributed by atoms with van der Waals surface area (Å²) in [7, 11) is 0. The van der Waals surface area contributed by atoms with Gasteiger partial charge in [0.15, 0.2) is 0 Å². The first-order valence-corrected chi connectivity index (χ1v) is 14.8. The number of halogens is 4. The van der Waals surface area contributed by atoms with E-state index in [0.717, 1.165) is 43.9 Å². The van der Waals surface area contributed by atoms with Gasteiger partial charge in [0, 0.05) is 43.6 Å². The molecule has 6 heteroatoms. The molecule has 0 fully saturated rings. The summed E-state index contributed by atoms with van der Waals surface area (Å²) in [4.78, 5) is 0. The van der Waals surface area contributed by atoms with Crippen LogP contribution in [0.3, 0.4) is 0 Å². The Hall–Kier alpha value is -0.820. The molecule has 3 aromatic rings. The predicted octanol–water partition coefficient (Wildman–Crippen LogP) is 9.04. The van der Waals surface area contributed by atoms with Gasteiger partial charge in [-0.3, -0.25) is 0 Å². The lowest BCUT2D eigenvalue weighted by Crippen LogP contribution is -2.03. The lowest BCUT2D eigenvalue weighted by atomic mass is 10.1. The van der Waals surface area contributed by atoms with Crippen LogP contribution < -0.4 is 9.47 Å². The molecule has 2 nitrogen and oxygen atoms in total. The van der Waals surface area contributed by atoms with Crippen LogP contribution in [-0.4, -0.2) is 0 Å². The summed E-state index contributed by atoms with van der Waals surface area (Å²) in [6, 6.07) is 17.1. The Morgan fingerprint density at radius 3 is 1.06 bits per heavy atom. The first-order chi connectivity index (χ1) is 15.5. The van der Waals surface area contributed by atoms with Gasteiger partial charge in [0.2, 0.25) is 0 Å². The molecule has 0 atom stereocenters. The van der Waals surface area contributed by atoms with Crippen molar-refractivity contribution >= 4 is 63.7 Å². The van der Waals surface area contributed by atoms with Gasteiger partial charge in [-0.2, -0.15) is 0 Å². The van der Waals surface area contributed by atoms with Crippen LogP contribution >= 0.6 is 63.7 Å². The summed E-state index contributed by atoms with van der Waals surface area (Å²) in [5.41, 5.74) is 9.44. The van der Waals surface area contributed by atoms with Crippen LogP contribution in [-0.2, 0) is 34.5 Å². The molecule has 0 heterocycles. The van der Waals surface area contributed by atoms with Crippen LogP contribution in [0.4, 0.5) is 0 Å². The Bertz CT molecular complexity index is 914. The van der Waals surface area contributed by atoms with Crippen molar-refractivity contribution in [3.8, 4) is 11.5 Å². The number of alkyl halides is 4. The lowest BCUT2D eigenvalue weighted by molar-refractivity contribution is 0.298. The van der Waals surface area contributed by atoms with Gasteiger partial charge in [-0.25, -0.2) is 0 Å². The Labute approximate surface area is 224 Å². The zero-order valence-corrected chi connectivity index (χ0v) is 24.5. The largest absolute Gasteiger partial charge is 0.488 e. The molecule has 3 rings (SSSR count). The van der Waals surface area contributed by atoms with Crippen LogP contribution in [0.25, 0.3) is 0 Å². The fraction of sp³-hybridized carbons (Fsp3) is 0.308. The van der Waals surface area contributed by atoms with Crippen molar-refractivity contribution in [3.05, 3.63) is 93.0 Å². The first-order valence-electron chi connectivity index (χ1n) is 10.3. The quantitative estimate of drug-likeness (QED) is 0.198. The molecule has 0 saturated heterocycles. The van der Waals surface area contributed by atoms with Gasteiger partial charge >= 0.3 is 0 Å². The molecular weight excluding hydrogens is 664 g/mol. The summed E-state index contributed by atoms with van der Waals surface area (Å²) < 4.78 is 12.5. The van der Waals surface area contributed by atoms with Gasteiger partial charge in [0.25, 0.3) is 0 Å². The Kier molecular flexibility index (Phi) is 10.1. The molecule has 3 aromatic carbocycles. The maximum atomic E-state index is 6.23. The van der Waals surface area contributed by atoms with E-state index in [4.69, 9.17) is 9.47 Å². The predicted molar refractivity (Wildman–Crippen MR) is 148 cm³/mol. The second kappa shape index (κ2) is 12.6. The van der Waals surface area contributed by atoms with Gasteiger partial charge in [-0.1, -0.05) is 123 Å². The number of benzene rings is 3. The molecule has 0 aliphatic heterocycles. The van der Waals surface area contributed by atoms with E-state index in [0.29, 0.717) is 13.2 Å². The minimum absolute atomic E-state index is 0.531. The zero-order chi connectivity index (χ0) is 23.1. The maximum absolute atomic E-state index is 6.23. The van der Waals surface area contributed by atoms with Crippen molar-refractivity contribution < 1.29 is 9.47 Å². The summed E-state index contributed by atoms with van der Waals surface area (Å²) in [6.45, 7) is 5.29. The van der Waals surface area contributed by atoms with Crippen molar-refractivity contribution in [1.82, 2.24) is 0 Å². The third-order valence-electron chi connectivity index (χ3n) is 5.14. The molecule has 32 heavy (non-hydrogen) atoms. The lowest BCUT2D eigenvalue weighted by Gasteiger charge is -2.16. The fourth-order valence-electron chi connectivity index (χ4n) is 3.67. The molecule has 0 radical (unpaired) electrons. The first kappa shape index (κ1) is 25.8. The number of rotatable bonds is 10. The summed E-state index contributed by atoms with van der Waals surface area (Å²) >= 11 is 14.3. The van der Waals surface area contributed by atoms with E-state index in [-0.39, 0.29) is 0 Å². The molecule has 0 N–H and O–H groups in total. The van der Waals surface area contributed by atoms with E-state index in [1.807, 2.05) is 0 Å². The topological polar surface area (TPSA) is 18.5 Å². The zero-order valence-electron chi connectivity index (χ0n) is 18.2. The van der Waals surface area contributed by atoms with Gasteiger partial charge in [-0.15, -0.1) is 0 Å². The molecule has 170 valence electrons. The van der Waals surface area contributed by atoms with Gasteiger partial charge in [0.1, 0.15) is 24.7 Å². The van der Waals surface area contributed by atoms with Crippen molar-refractivity contribution in [2.24, 2.45) is 0 Å². The molecule has 0 unspecified atom stereocenters. The highest BCUT2D eigenvalue weighted by molar-refractivity contribution is 9.09. The van der Waals surface area contributed by atoms with E-state index in [1.54, 1.807) is 0 Å². The van der Waals surface area contributed by atoms with Gasteiger partial charge < -0.3 is 9.47 Å². The Balaban J connectivity index is 1.67. The molecule has 0 spiro atoms. The van der Waals surface area contributed by atoms with Crippen molar-refractivity contribution in [3.63, 3.8) is 0 Å². The van der Waals surface area contributed by atoms with Crippen LogP contribution in [0.15, 0.2) is 48.5 Å². The molecule has 0 aliphatic rings. The summed E-state index contributed by atoms with van der Waals surface area (Å²) in [5.74, 6) is 1.92. The maximum Gasteiger partial charge on any atom is 0.127 e. The normalized spacial score (nSPS) is 10.9. The second-order valence-electron chi connectivity index (χ2n) is 7.75. The average Bonchev–Trinajstić information content (AvgIpc) is 2.81. The van der Waals surface area contributed by atoms with Gasteiger partial charge in [0.05, 0.1) is 0 Å². The van der Waals surface area contributed by atoms with E-state index in [9.17, 15) is 0 Å². The van der Waals surface area contributed by atoms with E-state index < -0.39 is 0 Å². The molecule has 0 bridgehead atoms. The second-order valence-corrected chi connectivity index (χ2v) is 10.00. The third-order valence-corrected chi connectivity index (χ3v) is 7.56. The van der Waals surface area contributed by atoms with Crippen molar-refractivity contribution in [2.75, 3.05) is 0 Å². The van der Waals surface area contributed by atoms with Crippen molar-refractivity contribution in [1.29, 1.82) is 0 Å². The Morgan fingerprint density at radius 2 is 0.812 bits per heavy atom. The van der Waals surface area contributed by atoms with Crippen LogP contribution in [0.1, 0.15) is 44.5 Å². The fourth-order valence-corrected chi connectivity index (χ4v) is 5.33. The molecular formula is C26H26Br4O2. The highest BCUT2D eigenvalue weighted by atomic mass is 79.9. The number of aryl methyl sites for hydroxylation is 2. The van der Waals surface area contributed by atoms with Crippen LogP contribution in [0.5, 0.6) is 11.5 Å². The third kappa shape index (κ3) is 6.62. The highest BCUT2D eigenvalue weighted by Crippen LogP contribution is 2.32. The van der Waals surface area contributed by atoms with Crippen LogP contribution in [0, 0.1) is 13.8 Å². The average molecular weight is 690 g/mol. The molecule has 0 aliphatic carbocycles. The van der Waals surface area contributed by atoms with E-state index >= 15 is 0 Å². The monoisotopic (exact) mass is 686 g/mol. The minimum atomic E-state index is 0.531. The highest BCUT2D eigenvalue weighted by Gasteiger charge is 2.12. The van der Waals surface area contributed by atoms with E-state index in [2.05, 4.69) is 126 Å². The van der Waals surface area contributed by atoms with Gasteiger partial charge in [-0.05, 0) is 25.0 Å². The summed E-state index contributed by atoms with van der Waals surface area (Å²) in [6.07, 6.45) is 0. The van der Waals surface area contributed by atoms with Crippen LogP contribution in [0.2, 0.25) is 0 Å². The number of hydrogen-bond acceptors (Lipinski definition) is 2. The Morgan fingerprint density at radius 1 is 0.531 bits per heavy atom. The van der Waals surface area contributed by atoms with Crippen molar-refractivity contribution in [2.45, 2.75) is 48.4 Å². The minimum Gasteiger partial charge on any atom is -0.488 e. The summed E-state index contributed by atoms with van der Waals surface area (Å²) in [5, 5.41) is 3.08. The smallest absolute Gasteiger partial charge is 0.127 e. The molecule has 0 amide bonds.